The second-order valence-electron chi connectivity index (χ2n) is 12.6. The molecule has 0 radical (unpaired) electrons. The Hall–Kier alpha value is -4.06. The number of carbonyl (C=O) groups excluding carboxylic acids is 2. The molecule has 2 aromatic carbocycles. The van der Waals surface area contributed by atoms with Gasteiger partial charge in [-0.05, 0) is 97.9 Å². The van der Waals surface area contributed by atoms with Crippen LogP contribution in [-0.2, 0) is 19.1 Å². The predicted octanol–water partition coefficient (Wildman–Crippen LogP) is 9.06. The molecule has 0 aromatic heterocycles. The van der Waals surface area contributed by atoms with Gasteiger partial charge in [-0.2, -0.15) is 0 Å². The van der Waals surface area contributed by atoms with Crippen LogP contribution in [0.5, 0.6) is 11.5 Å². The molecule has 0 saturated heterocycles. The summed E-state index contributed by atoms with van der Waals surface area (Å²) in [5, 5.41) is 0. The fourth-order valence-corrected chi connectivity index (χ4v) is 5.58. The third kappa shape index (κ3) is 11.1. The minimum absolute atomic E-state index is 0.209. The molecule has 0 fully saturated rings. The van der Waals surface area contributed by atoms with E-state index in [4.69, 9.17) is 18.9 Å². The third-order valence-corrected chi connectivity index (χ3v) is 8.22. The average molecular weight is 613 g/mol. The lowest BCUT2D eigenvalue weighted by atomic mass is 9.90. The summed E-state index contributed by atoms with van der Waals surface area (Å²) in [7, 11) is 3.35. The Morgan fingerprint density at radius 1 is 0.644 bits per heavy atom. The number of hydrogen-bond donors (Lipinski definition) is 0. The molecule has 0 N–H and O–H groups in total. The Balaban J connectivity index is 1.14. The van der Waals surface area contributed by atoms with Gasteiger partial charge in [0, 0.05) is 18.3 Å². The van der Waals surface area contributed by atoms with E-state index in [0.717, 1.165) is 50.0 Å². The number of hydrogen-bond acceptors (Lipinski definition) is 6. The number of carbonyl (C=O) groups is 2. The highest BCUT2D eigenvalue weighted by Gasteiger charge is 2.23. The van der Waals surface area contributed by atoms with Gasteiger partial charge in [-0.1, -0.05) is 73.6 Å². The molecule has 0 amide bonds. The molecule has 6 nitrogen and oxygen atoms in total. The number of allylic oxidation sites excluding steroid dienone is 8. The molecule has 2 aliphatic carbocycles. The van der Waals surface area contributed by atoms with Crippen molar-refractivity contribution in [2.45, 2.75) is 78.1 Å². The summed E-state index contributed by atoms with van der Waals surface area (Å²) in [6, 6.07) is 16.3. The maximum atomic E-state index is 12.4. The summed E-state index contributed by atoms with van der Waals surface area (Å²) >= 11 is 0. The van der Waals surface area contributed by atoms with E-state index in [1.54, 1.807) is 14.2 Å². The van der Waals surface area contributed by atoms with E-state index >= 15 is 0 Å². The summed E-state index contributed by atoms with van der Waals surface area (Å²) in [4.78, 5) is 24.9. The normalized spacial score (nSPS) is 17.0. The molecule has 2 aliphatic rings. The Kier molecular flexibility index (Phi) is 12.7. The van der Waals surface area contributed by atoms with Gasteiger partial charge in [-0.15, -0.1) is 0 Å². The molecular weight excluding hydrogens is 564 g/mol. The van der Waals surface area contributed by atoms with E-state index in [1.807, 2.05) is 38.1 Å². The first kappa shape index (κ1) is 33.8. The van der Waals surface area contributed by atoms with E-state index in [0.29, 0.717) is 25.7 Å². The van der Waals surface area contributed by atoms with Crippen LogP contribution in [0.15, 0.2) is 84.0 Å². The minimum Gasteiger partial charge on any atom is -0.497 e. The highest BCUT2D eigenvalue weighted by Crippen LogP contribution is 2.32. The third-order valence-electron chi connectivity index (χ3n) is 8.22. The van der Waals surface area contributed by atoms with Gasteiger partial charge in [0.15, 0.2) is 0 Å². The Morgan fingerprint density at radius 2 is 1.04 bits per heavy atom. The molecule has 0 bridgehead atoms. The summed E-state index contributed by atoms with van der Waals surface area (Å²) in [5.74, 6) is 1.24. The van der Waals surface area contributed by atoms with Crippen molar-refractivity contribution in [2.75, 3.05) is 27.4 Å². The van der Waals surface area contributed by atoms with Gasteiger partial charge in [0.25, 0.3) is 0 Å². The lowest BCUT2D eigenvalue weighted by Crippen LogP contribution is -2.28. The van der Waals surface area contributed by atoms with E-state index < -0.39 is 5.41 Å². The largest absolute Gasteiger partial charge is 0.497 e. The first-order valence-corrected chi connectivity index (χ1v) is 16.1. The van der Waals surface area contributed by atoms with E-state index in [-0.39, 0.29) is 25.2 Å². The predicted molar refractivity (Wildman–Crippen MR) is 180 cm³/mol. The van der Waals surface area contributed by atoms with Crippen molar-refractivity contribution in [3.05, 3.63) is 95.1 Å². The molecule has 0 saturated carbocycles. The zero-order chi connectivity index (χ0) is 32.1. The lowest BCUT2D eigenvalue weighted by Gasteiger charge is -2.23. The molecule has 0 heterocycles. The summed E-state index contributed by atoms with van der Waals surface area (Å²) in [6.07, 6.45) is 17.1. The van der Waals surface area contributed by atoms with Crippen molar-refractivity contribution in [1.29, 1.82) is 0 Å². The van der Waals surface area contributed by atoms with Crippen molar-refractivity contribution in [3.8, 4) is 11.5 Å². The van der Waals surface area contributed by atoms with Crippen molar-refractivity contribution < 1.29 is 28.5 Å². The van der Waals surface area contributed by atoms with Crippen LogP contribution in [0, 0.1) is 5.41 Å². The lowest BCUT2D eigenvalue weighted by molar-refractivity contribution is -0.152. The monoisotopic (exact) mass is 612 g/mol. The first-order valence-electron chi connectivity index (χ1n) is 16.1. The van der Waals surface area contributed by atoms with Crippen LogP contribution in [0.4, 0.5) is 0 Å². The van der Waals surface area contributed by atoms with Gasteiger partial charge < -0.3 is 18.9 Å². The molecule has 0 spiro atoms. The molecule has 45 heavy (non-hydrogen) atoms. The first-order chi connectivity index (χ1) is 21.7. The van der Waals surface area contributed by atoms with Crippen LogP contribution in [0.2, 0.25) is 0 Å². The highest BCUT2D eigenvalue weighted by molar-refractivity contribution is 5.72. The average Bonchev–Trinajstić information content (AvgIpc) is 3.07. The van der Waals surface area contributed by atoms with Gasteiger partial charge in [0.1, 0.15) is 11.5 Å². The van der Waals surface area contributed by atoms with Crippen LogP contribution >= 0.6 is 0 Å². The molecule has 4 rings (SSSR count). The summed E-state index contributed by atoms with van der Waals surface area (Å²) < 4.78 is 21.6. The molecule has 2 aromatic rings. The van der Waals surface area contributed by atoms with E-state index in [9.17, 15) is 9.59 Å². The van der Waals surface area contributed by atoms with Crippen molar-refractivity contribution >= 4 is 23.1 Å². The topological polar surface area (TPSA) is 71.1 Å². The SMILES string of the molecule is COc1ccc(C2=C/C(=C/CCC(=O)OCC(C)(C)COC(=O)CC/C=C3/C=C(c4ccc(OC)cc4)CCC3)CCC2)cc1. The highest BCUT2D eigenvalue weighted by atomic mass is 16.5. The van der Waals surface area contributed by atoms with Gasteiger partial charge in [-0.25, -0.2) is 0 Å². The van der Waals surface area contributed by atoms with Gasteiger partial charge in [0.05, 0.1) is 27.4 Å². The number of ether oxygens (including phenoxy) is 4. The van der Waals surface area contributed by atoms with Gasteiger partial charge in [-0.3, -0.25) is 9.59 Å². The van der Waals surface area contributed by atoms with Crippen LogP contribution in [0.1, 0.15) is 89.2 Å². The number of benzene rings is 2. The van der Waals surface area contributed by atoms with Crippen LogP contribution in [-0.4, -0.2) is 39.4 Å². The van der Waals surface area contributed by atoms with Gasteiger partial charge in [0.2, 0.25) is 0 Å². The molecule has 240 valence electrons. The zero-order valence-electron chi connectivity index (χ0n) is 27.4. The van der Waals surface area contributed by atoms with Crippen LogP contribution in [0.3, 0.4) is 0 Å². The molecule has 0 atom stereocenters. The molecule has 0 unspecified atom stereocenters. The van der Waals surface area contributed by atoms with Crippen molar-refractivity contribution in [1.82, 2.24) is 0 Å². The zero-order valence-corrected chi connectivity index (χ0v) is 27.4. The molecule has 0 aliphatic heterocycles. The minimum atomic E-state index is -0.457. The maximum Gasteiger partial charge on any atom is 0.306 e. The Morgan fingerprint density at radius 3 is 1.42 bits per heavy atom. The fourth-order valence-electron chi connectivity index (χ4n) is 5.58. The maximum absolute atomic E-state index is 12.4. The van der Waals surface area contributed by atoms with Crippen molar-refractivity contribution in [2.24, 2.45) is 5.41 Å². The second-order valence-corrected chi connectivity index (χ2v) is 12.6. The van der Waals surface area contributed by atoms with E-state index in [2.05, 4.69) is 48.6 Å². The number of methoxy groups -OCH3 is 2. The Labute approximate surface area is 268 Å². The fraction of sp³-hybridized carbons (Fsp3) is 0.436. The smallest absolute Gasteiger partial charge is 0.306 e. The number of rotatable bonds is 14. The van der Waals surface area contributed by atoms with Crippen LogP contribution in [0.25, 0.3) is 11.1 Å². The molecule has 6 heteroatoms. The number of esters is 2. The summed E-state index contributed by atoms with van der Waals surface area (Å²) in [6.45, 7) is 4.30. The second kappa shape index (κ2) is 16.9. The van der Waals surface area contributed by atoms with E-state index in [1.165, 1.54) is 33.4 Å². The summed E-state index contributed by atoms with van der Waals surface area (Å²) in [5.41, 5.74) is 7.12. The quantitative estimate of drug-likeness (QED) is 0.198. The molecular formula is C39H48O6. The van der Waals surface area contributed by atoms with Gasteiger partial charge >= 0.3 is 11.9 Å². The van der Waals surface area contributed by atoms with Crippen LogP contribution < -0.4 is 9.47 Å². The standard InChI is InChI=1S/C39H48O6/c1-39(2,27-44-37(40)15-7-11-29-9-5-13-33(25-29)31-17-21-35(42-3)22-18-31)28-45-38(41)16-8-12-30-10-6-14-34(26-30)32-19-23-36(43-4)24-20-32/h11-12,17-26H,5-10,13-16,27-28H2,1-4H3/b29-11+,30-12+. The Bertz CT molecular complexity index is 1300. The van der Waals surface area contributed by atoms with Crippen molar-refractivity contribution in [3.63, 3.8) is 0 Å².